The van der Waals surface area contributed by atoms with E-state index in [9.17, 15) is 15.0 Å². The lowest BCUT2D eigenvalue weighted by Gasteiger charge is -2.19. The second-order valence-electron chi connectivity index (χ2n) is 17.9. The van der Waals surface area contributed by atoms with Crippen LogP contribution in [0.5, 0.6) is 0 Å². The molecule has 0 aliphatic rings. The Morgan fingerprint density at radius 1 is 0.397 bits per heavy atom. The average molecular weight is 814 g/mol. The number of aliphatic hydroxyl groups is 2. The topological polar surface area (TPSA) is 69.6 Å². The molecule has 342 valence electrons. The van der Waals surface area contributed by atoms with Gasteiger partial charge < -0.3 is 15.5 Å². The van der Waals surface area contributed by atoms with E-state index in [0.29, 0.717) is 6.42 Å². The normalized spacial score (nSPS) is 13.1. The minimum absolute atomic E-state index is 0.0709. The fourth-order valence-electron chi connectivity index (χ4n) is 8.07. The van der Waals surface area contributed by atoms with E-state index in [1.807, 2.05) is 6.08 Å². The van der Waals surface area contributed by atoms with Crippen molar-refractivity contribution in [2.24, 2.45) is 0 Å². The molecule has 0 saturated carbocycles. The van der Waals surface area contributed by atoms with Crippen LogP contribution >= 0.6 is 0 Å². The Morgan fingerprint density at radius 3 is 1.00 bits per heavy atom. The van der Waals surface area contributed by atoms with Gasteiger partial charge in [-0.25, -0.2) is 0 Å². The van der Waals surface area contributed by atoms with Crippen LogP contribution < -0.4 is 5.32 Å². The van der Waals surface area contributed by atoms with Crippen LogP contribution in [-0.4, -0.2) is 34.9 Å². The van der Waals surface area contributed by atoms with Crippen molar-refractivity contribution in [2.45, 2.75) is 296 Å². The minimum Gasteiger partial charge on any atom is -0.394 e. The lowest BCUT2D eigenvalue weighted by molar-refractivity contribution is -0.123. The third-order valence-electron chi connectivity index (χ3n) is 12.1. The summed E-state index contributed by atoms with van der Waals surface area (Å²) in [5, 5.41) is 23.0. The van der Waals surface area contributed by atoms with Crippen LogP contribution in [-0.2, 0) is 4.79 Å². The van der Waals surface area contributed by atoms with Crippen molar-refractivity contribution in [1.29, 1.82) is 0 Å². The standard InChI is InChI=1S/C54H103NO3/c1-3-5-7-9-11-13-15-17-19-20-21-22-23-24-25-26-27-28-29-30-31-32-33-34-35-36-38-40-42-44-46-48-50-54(58)55-52(51-56)53(57)49-47-45-43-41-39-37-18-16-14-12-10-8-6-4-2/h24-25,39,41,47,49,52-53,56-57H,3-23,26-38,40,42-46,48,50-51H2,1-2H3,(H,55,58)/b25-24-,41-39+,49-47+. The van der Waals surface area contributed by atoms with Crippen molar-refractivity contribution in [3.8, 4) is 0 Å². The highest BCUT2D eigenvalue weighted by molar-refractivity contribution is 5.76. The number of carbonyl (C=O) groups excluding carboxylic acids is 1. The third kappa shape index (κ3) is 45.7. The van der Waals surface area contributed by atoms with Crippen LogP contribution in [0, 0.1) is 0 Å². The predicted molar refractivity (Wildman–Crippen MR) is 258 cm³/mol. The molecular formula is C54H103NO3. The molecule has 0 rings (SSSR count). The molecular weight excluding hydrogens is 711 g/mol. The molecule has 0 bridgehead atoms. The Balaban J connectivity index is 3.45. The quantitative estimate of drug-likeness (QED) is 0.0423. The molecule has 1 amide bonds. The number of carbonyl (C=O) groups is 1. The Hall–Kier alpha value is -1.39. The molecule has 0 heterocycles. The fraction of sp³-hybridized carbons (Fsp3) is 0.870. The fourth-order valence-corrected chi connectivity index (χ4v) is 8.07. The van der Waals surface area contributed by atoms with E-state index >= 15 is 0 Å². The maximum Gasteiger partial charge on any atom is 0.220 e. The van der Waals surface area contributed by atoms with Crippen molar-refractivity contribution in [1.82, 2.24) is 5.32 Å². The minimum atomic E-state index is -0.860. The summed E-state index contributed by atoms with van der Waals surface area (Å²) >= 11 is 0. The molecule has 2 unspecified atom stereocenters. The van der Waals surface area contributed by atoms with Gasteiger partial charge in [-0.05, 0) is 57.8 Å². The largest absolute Gasteiger partial charge is 0.394 e. The van der Waals surface area contributed by atoms with Crippen molar-refractivity contribution < 1.29 is 15.0 Å². The number of aliphatic hydroxyl groups excluding tert-OH is 2. The van der Waals surface area contributed by atoms with Crippen LogP contribution in [0.1, 0.15) is 284 Å². The van der Waals surface area contributed by atoms with Crippen LogP contribution in [0.2, 0.25) is 0 Å². The highest BCUT2D eigenvalue weighted by Crippen LogP contribution is 2.16. The highest BCUT2D eigenvalue weighted by Gasteiger charge is 2.17. The van der Waals surface area contributed by atoms with Gasteiger partial charge >= 0.3 is 0 Å². The lowest BCUT2D eigenvalue weighted by Crippen LogP contribution is -2.45. The van der Waals surface area contributed by atoms with E-state index < -0.39 is 12.1 Å². The molecule has 0 aromatic carbocycles. The second-order valence-corrected chi connectivity index (χ2v) is 17.9. The molecule has 0 aliphatic heterocycles. The van der Waals surface area contributed by atoms with E-state index in [-0.39, 0.29) is 12.5 Å². The number of unbranched alkanes of at least 4 members (excludes halogenated alkanes) is 37. The van der Waals surface area contributed by atoms with Gasteiger partial charge in [0, 0.05) is 6.42 Å². The molecule has 58 heavy (non-hydrogen) atoms. The van der Waals surface area contributed by atoms with Crippen molar-refractivity contribution in [3.05, 3.63) is 36.5 Å². The van der Waals surface area contributed by atoms with Gasteiger partial charge in [-0.1, -0.05) is 256 Å². The number of allylic oxidation sites excluding steroid dienone is 5. The molecule has 4 nitrogen and oxygen atoms in total. The maximum atomic E-state index is 12.4. The first-order valence-corrected chi connectivity index (χ1v) is 26.2. The molecule has 0 fully saturated rings. The number of rotatable bonds is 48. The van der Waals surface area contributed by atoms with Gasteiger partial charge in [0.1, 0.15) is 0 Å². The first-order chi connectivity index (χ1) is 28.7. The van der Waals surface area contributed by atoms with E-state index in [2.05, 4.69) is 43.5 Å². The molecule has 0 saturated heterocycles. The zero-order valence-corrected chi connectivity index (χ0v) is 39.3. The summed E-state index contributed by atoms with van der Waals surface area (Å²) in [5.41, 5.74) is 0. The molecule has 0 radical (unpaired) electrons. The van der Waals surface area contributed by atoms with Gasteiger partial charge in [0.05, 0.1) is 18.8 Å². The molecule has 0 aliphatic carbocycles. The van der Waals surface area contributed by atoms with E-state index in [1.54, 1.807) is 6.08 Å². The number of amides is 1. The van der Waals surface area contributed by atoms with Crippen molar-refractivity contribution in [2.75, 3.05) is 6.61 Å². The summed E-state index contributed by atoms with van der Waals surface area (Å²) in [4.78, 5) is 12.4. The Labute approximate surface area is 363 Å². The molecule has 2 atom stereocenters. The second kappa shape index (κ2) is 50.0. The molecule has 3 N–H and O–H groups in total. The smallest absolute Gasteiger partial charge is 0.220 e. The zero-order chi connectivity index (χ0) is 42.1. The maximum absolute atomic E-state index is 12.4. The van der Waals surface area contributed by atoms with Crippen LogP contribution in [0.15, 0.2) is 36.5 Å². The van der Waals surface area contributed by atoms with Crippen LogP contribution in [0.3, 0.4) is 0 Å². The zero-order valence-electron chi connectivity index (χ0n) is 39.3. The van der Waals surface area contributed by atoms with Crippen LogP contribution in [0.4, 0.5) is 0 Å². The average Bonchev–Trinajstić information content (AvgIpc) is 3.23. The summed E-state index contributed by atoms with van der Waals surface area (Å²) in [7, 11) is 0. The Bertz CT molecular complexity index is 882. The van der Waals surface area contributed by atoms with Crippen molar-refractivity contribution >= 4 is 5.91 Å². The third-order valence-corrected chi connectivity index (χ3v) is 12.1. The van der Waals surface area contributed by atoms with E-state index in [0.717, 1.165) is 32.1 Å². The Kier molecular flexibility index (Phi) is 48.8. The highest BCUT2D eigenvalue weighted by atomic mass is 16.3. The number of nitrogens with one attached hydrogen (secondary N) is 1. The first kappa shape index (κ1) is 56.6. The molecule has 4 heteroatoms. The van der Waals surface area contributed by atoms with Gasteiger partial charge in [-0.15, -0.1) is 0 Å². The van der Waals surface area contributed by atoms with Gasteiger partial charge in [0.2, 0.25) is 5.91 Å². The SMILES string of the molecule is CCCCCCCCCC/C=C/CC/C=C/C(O)C(CO)NC(=O)CCCCCCCCCCCCCCCCCC/C=C\CCCCCCCCCCCCCC. The Morgan fingerprint density at radius 2 is 0.672 bits per heavy atom. The first-order valence-electron chi connectivity index (χ1n) is 26.2. The summed E-state index contributed by atoms with van der Waals surface area (Å²) in [6, 6.07) is -0.637. The molecule has 0 aromatic heterocycles. The van der Waals surface area contributed by atoms with Crippen molar-refractivity contribution in [3.63, 3.8) is 0 Å². The van der Waals surface area contributed by atoms with Gasteiger partial charge in [-0.3, -0.25) is 4.79 Å². The summed E-state index contributed by atoms with van der Waals surface area (Å²) in [6.07, 6.45) is 67.3. The lowest BCUT2D eigenvalue weighted by atomic mass is 10.0. The summed E-state index contributed by atoms with van der Waals surface area (Å²) in [6.45, 7) is 4.31. The van der Waals surface area contributed by atoms with E-state index in [1.165, 1.54) is 231 Å². The van der Waals surface area contributed by atoms with Gasteiger partial charge in [0.25, 0.3) is 0 Å². The number of hydrogen-bond acceptors (Lipinski definition) is 3. The van der Waals surface area contributed by atoms with Crippen LogP contribution in [0.25, 0.3) is 0 Å². The number of hydrogen-bond donors (Lipinski definition) is 3. The van der Waals surface area contributed by atoms with E-state index in [4.69, 9.17) is 0 Å². The predicted octanol–water partition coefficient (Wildman–Crippen LogP) is 16.9. The summed E-state index contributed by atoms with van der Waals surface area (Å²) < 4.78 is 0. The summed E-state index contributed by atoms with van der Waals surface area (Å²) in [5.74, 6) is -0.0709. The molecule has 0 aromatic rings. The van der Waals surface area contributed by atoms with Gasteiger partial charge in [0.15, 0.2) is 0 Å². The monoisotopic (exact) mass is 814 g/mol. The molecule has 0 spiro atoms. The van der Waals surface area contributed by atoms with Gasteiger partial charge in [-0.2, -0.15) is 0 Å².